The molecule has 1 aromatic rings. The largest absolute Gasteiger partial charge is 0.481 e. The predicted molar refractivity (Wildman–Crippen MR) is 79.5 cm³/mol. The van der Waals surface area contributed by atoms with E-state index in [4.69, 9.17) is 5.11 Å². The molecule has 106 valence electrons. The number of hydrogen-bond acceptors (Lipinski definition) is 1. The number of carbonyl (C=O) groups is 1. The van der Waals surface area contributed by atoms with Gasteiger partial charge in [-0.05, 0) is 41.7 Å². The fourth-order valence-corrected chi connectivity index (χ4v) is 2.14. The van der Waals surface area contributed by atoms with Crippen LogP contribution < -0.4 is 0 Å². The van der Waals surface area contributed by atoms with E-state index >= 15 is 0 Å². The summed E-state index contributed by atoms with van der Waals surface area (Å²) >= 11 is 0. The molecule has 0 spiro atoms. The van der Waals surface area contributed by atoms with Crippen molar-refractivity contribution in [1.82, 2.24) is 0 Å². The Balaban J connectivity index is 2.56. The van der Waals surface area contributed by atoms with Gasteiger partial charge in [-0.3, -0.25) is 4.79 Å². The van der Waals surface area contributed by atoms with Gasteiger partial charge in [-0.1, -0.05) is 52.0 Å². The third-order valence-corrected chi connectivity index (χ3v) is 4.07. The van der Waals surface area contributed by atoms with E-state index in [2.05, 4.69) is 45.0 Å². The average Bonchev–Trinajstić information content (AvgIpc) is 2.36. The van der Waals surface area contributed by atoms with Crippen LogP contribution >= 0.6 is 0 Å². The first-order chi connectivity index (χ1) is 8.85. The predicted octanol–water partition coefficient (Wildman–Crippen LogP) is 4.42. The highest BCUT2D eigenvalue weighted by atomic mass is 16.4. The minimum Gasteiger partial charge on any atom is -0.481 e. The molecular formula is C17H26O2. The standard InChI is InChI=1S/C17H26O2/c1-5-17(3,4)15-10-8-14(9-11-15)7-6-13(2)12-16(18)19/h8-11,13H,5-7,12H2,1-4H3,(H,18,19). The van der Waals surface area contributed by atoms with Gasteiger partial charge in [0.2, 0.25) is 0 Å². The molecule has 1 N–H and O–H groups in total. The molecule has 0 fully saturated rings. The second kappa shape index (κ2) is 6.74. The second-order valence-electron chi connectivity index (χ2n) is 6.18. The highest BCUT2D eigenvalue weighted by molar-refractivity contribution is 5.66. The monoisotopic (exact) mass is 262 g/mol. The van der Waals surface area contributed by atoms with Gasteiger partial charge in [0.15, 0.2) is 0 Å². The molecule has 0 saturated carbocycles. The summed E-state index contributed by atoms with van der Waals surface area (Å²) in [5, 5.41) is 8.73. The molecule has 1 unspecified atom stereocenters. The van der Waals surface area contributed by atoms with E-state index in [1.165, 1.54) is 11.1 Å². The molecule has 1 atom stereocenters. The highest BCUT2D eigenvalue weighted by Crippen LogP contribution is 2.27. The molecule has 0 aliphatic carbocycles. The molecule has 0 saturated heterocycles. The van der Waals surface area contributed by atoms with Crippen LogP contribution in [0.5, 0.6) is 0 Å². The van der Waals surface area contributed by atoms with Crippen LogP contribution in [-0.2, 0) is 16.6 Å². The van der Waals surface area contributed by atoms with Crippen LogP contribution in [-0.4, -0.2) is 11.1 Å². The Morgan fingerprint density at radius 3 is 2.32 bits per heavy atom. The minimum atomic E-state index is -0.701. The van der Waals surface area contributed by atoms with Crippen molar-refractivity contribution in [3.05, 3.63) is 35.4 Å². The second-order valence-corrected chi connectivity index (χ2v) is 6.18. The quantitative estimate of drug-likeness (QED) is 0.790. The molecule has 0 aliphatic rings. The third kappa shape index (κ3) is 5.06. The van der Waals surface area contributed by atoms with Gasteiger partial charge in [-0.2, -0.15) is 0 Å². The Bertz CT molecular complexity index is 404. The van der Waals surface area contributed by atoms with Gasteiger partial charge in [-0.15, -0.1) is 0 Å². The topological polar surface area (TPSA) is 37.3 Å². The van der Waals surface area contributed by atoms with Crippen LogP contribution in [0.4, 0.5) is 0 Å². The summed E-state index contributed by atoms with van der Waals surface area (Å²) in [6, 6.07) is 8.78. The van der Waals surface area contributed by atoms with Gasteiger partial charge in [0.1, 0.15) is 0 Å². The summed E-state index contributed by atoms with van der Waals surface area (Å²) in [5.41, 5.74) is 2.90. The van der Waals surface area contributed by atoms with Crippen LogP contribution in [0.25, 0.3) is 0 Å². The molecule has 2 heteroatoms. The van der Waals surface area contributed by atoms with E-state index in [1.54, 1.807) is 0 Å². The number of rotatable bonds is 7. The molecule has 0 aliphatic heterocycles. The Labute approximate surface area is 116 Å². The van der Waals surface area contributed by atoms with Crippen molar-refractivity contribution in [2.45, 2.75) is 58.8 Å². The van der Waals surface area contributed by atoms with Gasteiger partial charge < -0.3 is 5.11 Å². The van der Waals surface area contributed by atoms with Crippen molar-refractivity contribution in [2.24, 2.45) is 5.92 Å². The maximum Gasteiger partial charge on any atom is 0.303 e. The number of aryl methyl sites for hydroxylation is 1. The first kappa shape index (κ1) is 15.7. The zero-order valence-electron chi connectivity index (χ0n) is 12.6. The number of carboxylic acid groups (broad SMARTS) is 1. The number of hydrogen-bond donors (Lipinski definition) is 1. The molecule has 1 aromatic carbocycles. The number of carboxylic acids is 1. The summed E-state index contributed by atoms with van der Waals surface area (Å²) in [4.78, 5) is 10.6. The van der Waals surface area contributed by atoms with E-state index in [-0.39, 0.29) is 17.8 Å². The summed E-state index contributed by atoms with van der Waals surface area (Å²) < 4.78 is 0. The van der Waals surface area contributed by atoms with Crippen molar-refractivity contribution in [1.29, 1.82) is 0 Å². The maximum absolute atomic E-state index is 10.6. The van der Waals surface area contributed by atoms with Crippen LogP contribution in [0.2, 0.25) is 0 Å². The summed E-state index contributed by atoms with van der Waals surface area (Å²) in [5.74, 6) is -0.461. The van der Waals surface area contributed by atoms with Gasteiger partial charge in [0.25, 0.3) is 0 Å². The van der Waals surface area contributed by atoms with Gasteiger partial charge in [0.05, 0.1) is 0 Å². The Morgan fingerprint density at radius 1 is 1.26 bits per heavy atom. The minimum absolute atomic E-state index is 0.231. The van der Waals surface area contributed by atoms with Crippen LogP contribution in [0.15, 0.2) is 24.3 Å². The fraction of sp³-hybridized carbons (Fsp3) is 0.588. The summed E-state index contributed by atoms with van der Waals surface area (Å²) in [7, 11) is 0. The van der Waals surface area contributed by atoms with E-state index in [0.29, 0.717) is 0 Å². The SMILES string of the molecule is CCC(C)(C)c1ccc(CCC(C)CC(=O)O)cc1. The molecule has 0 radical (unpaired) electrons. The zero-order valence-corrected chi connectivity index (χ0v) is 12.6. The van der Waals surface area contributed by atoms with Gasteiger partial charge in [0, 0.05) is 6.42 Å². The molecule has 2 nitrogen and oxygen atoms in total. The smallest absolute Gasteiger partial charge is 0.303 e. The molecular weight excluding hydrogens is 236 g/mol. The lowest BCUT2D eigenvalue weighted by atomic mass is 9.82. The van der Waals surface area contributed by atoms with E-state index < -0.39 is 5.97 Å². The van der Waals surface area contributed by atoms with Gasteiger partial charge >= 0.3 is 5.97 Å². The summed E-state index contributed by atoms with van der Waals surface area (Å²) in [6.45, 7) is 8.73. The van der Waals surface area contributed by atoms with Crippen molar-refractivity contribution in [3.63, 3.8) is 0 Å². The van der Waals surface area contributed by atoms with E-state index in [9.17, 15) is 4.79 Å². The number of aliphatic carboxylic acids is 1. The van der Waals surface area contributed by atoms with Crippen molar-refractivity contribution >= 4 is 5.97 Å². The molecule has 0 heterocycles. The van der Waals surface area contributed by atoms with Crippen molar-refractivity contribution < 1.29 is 9.90 Å². The first-order valence-electron chi connectivity index (χ1n) is 7.16. The van der Waals surface area contributed by atoms with Crippen molar-refractivity contribution in [2.75, 3.05) is 0 Å². The Kier molecular flexibility index (Phi) is 5.59. The third-order valence-electron chi connectivity index (χ3n) is 4.07. The van der Waals surface area contributed by atoms with E-state index in [0.717, 1.165) is 19.3 Å². The molecule has 19 heavy (non-hydrogen) atoms. The van der Waals surface area contributed by atoms with Crippen LogP contribution in [0.1, 0.15) is 58.1 Å². The highest BCUT2D eigenvalue weighted by Gasteiger charge is 2.17. The molecule has 0 aromatic heterocycles. The van der Waals surface area contributed by atoms with Crippen molar-refractivity contribution in [3.8, 4) is 0 Å². The molecule has 0 bridgehead atoms. The first-order valence-corrected chi connectivity index (χ1v) is 7.16. The van der Waals surface area contributed by atoms with Gasteiger partial charge in [-0.25, -0.2) is 0 Å². The van der Waals surface area contributed by atoms with Crippen LogP contribution in [0.3, 0.4) is 0 Å². The van der Waals surface area contributed by atoms with E-state index in [1.807, 2.05) is 6.92 Å². The normalized spacial score (nSPS) is 13.3. The number of benzene rings is 1. The fourth-order valence-electron chi connectivity index (χ4n) is 2.14. The van der Waals surface area contributed by atoms with Crippen LogP contribution in [0, 0.1) is 5.92 Å². The Hall–Kier alpha value is -1.31. The molecule has 0 amide bonds. The lowest BCUT2D eigenvalue weighted by Crippen LogP contribution is -2.15. The summed E-state index contributed by atoms with van der Waals surface area (Å²) in [6.07, 6.45) is 3.28. The lowest BCUT2D eigenvalue weighted by Gasteiger charge is -2.23. The lowest BCUT2D eigenvalue weighted by molar-refractivity contribution is -0.138. The molecule has 1 rings (SSSR count). The zero-order chi connectivity index (χ0) is 14.5. The average molecular weight is 262 g/mol. The Morgan fingerprint density at radius 2 is 1.84 bits per heavy atom. The maximum atomic E-state index is 10.6.